The van der Waals surface area contributed by atoms with Gasteiger partial charge < -0.3 is 5.11 Å². The Balaban J connectivity index is 2.20. The van der Waals surface area contributed by atoms with Crippen LogP contribution in [0.5, 0.6) is 0 Å². The van der Waals surface area contributed by atoms with Gasteiger partial charge in [0.15, 0.2) is 0 Å². The van der Waals surface area contributed by atoms with Crippen LogP contribution in [0.4, 0.5) is 5.69 Å². The summed E-state index contributed by atoms with van der Waals surface area (Å²) in [7, 11) is -3.31. The summed E-state index contributed by atoms with van der Waals surface area (Å²) >= 11 is 0. The molecule has 1 aliphatic carbocycles. The second-order valence-electron chi connectivity index (χ2n) is 5.15. The Morgan fingerprint density at radius 2 is 2.15 bits per heavy atom. The maximum atomic E-state index is 12.0. The standard InChI is InChI=1S/C15H19NO3S/c1-12-5-8-14(4-2-3-9-17)15(10-12)16-20(18,19)11-13-6-7-13/h5,8,10,13,16-17H,3,6-7,9,11H2,1H3. The number of aliphatic hydroxyl groups excluding tert-OH is 1. The first-order valence-electron chi connectivity index (χ1n) is 6.71. The predicted molar refractivity (Wildman–Crippen MR) is 79.9 cm³/mol. The molecular formula is C15H19NO3S. The molecule has 20 heavy (non-hydrogen) atoms. The maximum Gasteiger partial charge on any atom is 0.233 e. The summed E-state index contributed by atoms with van der Waals surface area (Å²) in [6, 6.07) is 5.48. The molecule has 1 aromatic rings. The molecule has 0 heterocycles. The van der Waals surface area contributed by atoms with Crippen LogP contribution in [0.3, 0.4) is 0 Å². The Kier molecular flexibility index (Phi) is 4.69. The number of hydrogen-bond donors (Lipinski definition) is 2. The zero-order valence-electron chi connectivity index (χ0n) is 11.5. The number of nitrogens with one attached hydrogen (secondary N) is 1. The molecule has 1 aliphatic rings. The van der Waals surface area contributed by atoms with Crippen LogP contribution in [0.15, 0.2) is 18.2 Å². The Labute approximate surface area is 120 Å². The molecule has 1 saturated carbocycles. The van der Waals surface area contributed by atoms with Gasteiger partial charge in [0.2, 0.25) is 10.0 Å². The van der Waals surface area contributed by atoms with E-state index in [9.17, 15) is 8.42 Å². The summed E-state index contributed by atoms with van der Waals surface area (Å²) in [5.41, 5.74) is 2.14. The van der Waals surface area contributed by atoms with Gasteiger partial charge in [-0.1, -0.05) is 17.9 Å². The highest BCUT2D eigenvalue weighted by Gasteiger charge is 2.28. The lowest BCUT2D eigenvalue weighted by Gasteiger charge is -2.10. The van der Waals surface area contributed by atoms with Crippen LogP contribution in [0, 0.1) is 24.7 Å². The van der Waals surface area contributed by atoms with Crippen LogP contribution in [0.1, 0.15) is 30.4 Å². The number of rotatable bonds is 5. The van der Waals surface area contributed by atoms with Crippen LogP contribution in [-0.2, 0) is 10.0 Å². The van der Waals surface area contributed by atoms with E-state index in [0.29, 0.717) is 23.6 Å². The smallest absolute Gasteiger partial charge is 0.233 e. The number of aryl methyl sites for hydroxylation is 1. The van der Waals surface area contributed by atoms with E-state index >= 15 is 0 Å². The van der Waals surface area contributed by atoms with Gasteiger partial charge in [-0.2, -0.15) is 0 Å². The average molecular weight is 293 g/mol. The van der Waals surface area contributed by atoms with Crippen LogP contribution in [-0.4, -0.2) is 25.9 Å². The molecule has 0 radical (unpaired) electrons. The second-order valence-corrected chi connectivity index (χ2v) is 6.92. The highest BCUT2D eigenvalue weighted by atomic mass is 32.2. The summed E-state index contributed by atoms with van der Waals surface area (Å²) in [5.74, 6) is 6.20. The van der Waals surface area contributed by atoms with Gasteiger partial charge in [0.1, 0.15) is 0 Å². The van der Waals surface area contributed by atoms with Crippen molar-refractivity contribution in [2.45, 2.75) is 26.2 Å². The third kappa shape index (κ3) is 4.55. The van der Waals surface area contributed by atoms with Crippen molar-refractivity contribution >= 4 is 15.7 Å². The second kappa shape index (κ2) is 6.29. The summed E-state index contributed by atoms with van der Waals surface area (Å²) in [5, 5.41) is 8.74. The van der Waals surface area contributed by atoms with E-state index < -0.39 is 10.0 Å². The van der Waals surface area contributed by atoms with Gasteiger partial charge in [0, 0.05) is 12.0 Å². The van der Waals surface area contributed by atoms with E-state index in [4.69, 9.17) is 5.11 Å². The largest absolute Gasteiger partial charge is 0.395 e. The van der Waals surface area contributed by atoms with Crippen molar-refractivity contribution in [1.29, 1.82) is 0 Å². The molecular weight excluding hydrogens is 274 g/mol. The molecule has 0 aromatic heterocycles. The van der Waals surface area contributed by atoms with Crippen molar-refractivity contribution in [3.8, 4) is 11.8 Å². The minimum atomic E-state index is -3.31. The molecule has 1 fully saturated rings. The Morgan fingerprint density at radius 3 is 2.80 bits per heavy atom. The van der Waals surface area contributed by atoms with E-state index in [1.54, 1.807) is 12.1 Å². The molecule has 0 amide bonds. The monoisotopic (exact) mass is 293 g/mol. The van der Waals surface area contributed by atoms with Gasteiger partial charge in [-0.15, -0.1) is 0 Å². The number of sulfonamides is 1. The molecule has 0 spiro atoms. The molecule has 0 unspecified atom stereocenters. The van der Waals surface area contributed by atoms with Gasteiger partial charge in [-0.05, 0) is 43.4 Å². The summed E-state index contributed by atoms with van der Waals surface area (Å²) in [6.45, 7) is 1.91. The third-order valence-electron chi connectivity index (χ3n) is 3.05. The topological polar surface area (TPSA) is 66.4 Å². The number of hydrogen-bond acceptors (Lipinski definition) is 3. The molecule has 1 aromatic carbocycles. The van der Waals surface area contributed by atoms with Crippen molar-refractivity contribution in [2.75, 3.05) is 17.1 Å². The molecule has 2 N–H and O–H groups in total. The lowest BCUT2D eigenvalue weighted by atomic mass is 10.1. The fourth-order valence-corrected chi connectivity index (χ4v) is 3.41. The third-order valence-corrected chi connectivity index (χ3v) is 4.49. The normalized spacial score (nSPS) is 14.5. The average Bonchev–Trinajstić information content (AvgIpc) is 3.14. The molecule has 5 heteroatoms. The van der Waals surface area contributed by atoms with Gasteiger partial charge in [0.25, 0.3) is 0 Å². The lowest BCUT2D eigenvalue weighted by Crippen LogP contribution is -2.18. The molecule has 4 nitrogen and oxygen atoms in total. The maximum absolute atomic E-state index is 12.0. The van der Waals surface area contributed by atoms with Gasteiger partial charge >= 0.3 is 0 Å². The molecule has 2 rings (SSSR count). The van der Waals surface area contributed by atoms with E-state index in [2.05, 4.69) is 16.6 Å². The van der Waals surface area contributed by atoms with Gasteiger partial charge in [0.05, 0.1) is 18.0 Å². The Morgan fingerprint density at radius 1 is 1.40 bits per heavy atom. The van der Waals surface area contributed by atoms with E-state index in [1.807, 2.05) is 13.0 Å². The van der Waals surface area contributed by atoms with Crippen molar-refractivity contribution in [3.05, 3.63) is 29.3 Å². The number of aliphatic hydroxyl groups is 1. The van der Waals surface area contributed by atoms with Crippen molar-refractivity contribution < 1.29 is 13.5 Å². The highest BCUT2D eigenvalue weighted by molar-refractivity contribution is 7.92. The highest BCUT2D eigenvalue weighted by Crippen LogP contribution is 2.31. The first-order chi connectivity index (χ1) is 9.50. The molecule has 0 bridgehead atoms. The Bertz CT molecular complexity index is 637. The minimum absolute atomic E-state index is 0.00159. The SMILES string of the molecule is Cc1ccc(C#CCCO)c(NS(=O)(=O)CC2CC2)c1. The van der Waals surface area contributed by atoms with Crippen LogP contribution in [0.25, 0.3) is 0 Å². The summed E-state index contributed by atoms with van der Waals surface area (Å²) < 4.78 is 26.7. The Hall–Kier alpha value is -1.51. The molecule has 0 saturated heterocycles. The fourth-order valence-electron chi connectivity index (χ4n) is 1.87. The summed E-state index contributed by atoms with van der Waals surface area (Å²) in [4.78, 5) is 0. The zero-order chi connectivity index (χ0) is 14.6. The predicted octanol–water partition coefficient (Wildman–Crippen LogP) is 1.88. The van der Waals surface area contributed by atoms with Gasteiger partial charge in [-0.3, -0.25) is 4.72 Å². The van der Waals surface area contributed by atoms with E-state index in [0.717, 1.165) is 18.4 Å². The van der Waals surface area contributed by atoms with Crippen molar-refractivity contribution in [2.24, 2.45) is 5.92 Å². The number of benzene rings is 1. The first kappa shape index (κ1) is 14.9. The lowest BCUT2D eigenvalue weighted by molar-refractivity contribution is 0.305. The van der Waals surface area contributed by atoms with Crippen LogP contribution < -0.4 is 4.72 Å². The van der Waals surface area contributed by atoms with E-state index in [-0.39, 0.29) is 12.4 Å². The summed E-state index contributed by atoms with van der Waals surface area (Å²) in [6.07, 6.45) is 2.37. The fraction of sp³-hybridized carbons (Fsp3) is 0.467. The molecule has 108 valence electrons. The van der Waals surface area contributed by atoms with Gasteiger partial charge in [-0.25, -0.2) is 8.42 Å². The van der Waals surface area contributed by atoms with Crippen molar-refractivity contribution in [1.82, 2.24) is 0 Å². The van der Waals surface area contributed by atoms with Crippen LogP contribution >= 0.6 is 0 Å². The quantitative estimate of drug-likeness (QED) is 0.815. The number of anilines is 1. The van der Waals surface area contributed by atoms with Crippen molar-refractivity contribution in [3.63, 3.8) is 0 Å². The van der Waals surface area contributed by atoms with E-state index in [1.165, 1.54) is 0 Å². The first-order valence-corrected chi connectivity index (χ1v) is 8.36. The molecule has 0 aliphatic heterocycles. The zero-order valence-corrected chi connectivity index (χ0v) is 12.3. The minimum Gasteiger partial charge on any atom is -0.395 e. The van der Waals surface area contributed by atoms with Crippen LogP contribution in [0.2, 0.25) is 0 Å². The molecule has 0 atom stereocenters.